The quantitative estimate of drug-likeness (QED) is 0.859. The summed E-state index contributed by atoms with van der Waals surface area (Å²) in [6.07, 6.45) is 4.41. The predicted molar refractivity (Wildman–Crippen MR) is 70.2 cm³/mol. The van der Waals surface area contributed by atoms with Crippen LogP contribution in [0.4, 0.5) is 5.95 Å². The second-order valence-corrected chi connectivity index (χ2v) is 4.76. The second kappa shape index (κ2) is 5.96. The lowest BCUT2D eigenvalue weighted by atomic mass is 9.98. The predicted octanol–water partition coefficient (Wildman–Crippen LogP) is 1.61. The molecule has 0 aromatic carbocycles. The van der Waals surface area contributed by atoms with Crippen LogP contribution in [0, 0.1) is 12.8 Å². The van der Waals surface area contributed by atoms with Crippen molar-refractivity contribution in [2.75, 3.05) is 31.1 Å². The van der Waals surface area contributed by atoms with Gasteiger partial charge in [0.25, 0.3) is 0 Å². The van der Waals surface area contributed by atoms with Crippen molar-refractivity contribution < 1.29 is 0 Å². The lowest BCUT2D eigenvalue weighted by Crippen LogP contribution is -2.40. The maximum atomic E-state index is 4.51. The van der Waals surface area contributed by atoms with Crippen LogP contribution in [0.3, 0.4) is 0 Å². The van der Waals surface area contributed by atoms with Crippen molar-refractivity contribution >= 4 is 5.95 Å². The molecule has 0 aliphatic carbocycles. The number of anilines is 1. The average molecular weight is 234 g/mol. The fraction of sp³-hybridized carbons (Fsp3) is 0.692. The fourth-order valence-electron chi connectivity index (χ4n) is 2.35. The Bertz CT molecular complexity index is 353. The van der Waals surface area contributed by atoms with E-state index in [2.05, 4.69) is 27.1 Å². The molecule has 2 heterocycles. The third kappa shape index (κ3) is 3.40. The number of rotatable bonds is 4. The van der Waals surface area contributed by atoms with E-state index in [0.29, 0.717) is 0 Å². The van der Waals surface area contributed by atoms with E-state index >= 15 is 0 Å². The highest BCUT2D eigenvalue weighted by molar-refractivity contribution is 5.30. The largest absolute Gasteiger partial charge is 0.340 e. The summed E-state index contributed by atoms with van der Waals surface area (Å²) in [4.78, 5) is 11.2. The number of aromatic nitrogens is 2. The van der Waals surface area contributed by atoms with Gasteiger partial charge in [0.1, 0.15) is 0 Å². The van der Waals surface area contributed by atoms with Crippen LogP contribution in [0.25, 0.3) is 0 Å². The Kier molecular flexibility index (Phi) is 4.31. The van der Waals surface area contributed by atoms with Gasteiger partial charge in [-0.1, -0.05) is 6.92 Å². The molecule has 1 N–H and O–H groups in total. The van der Waals surface area contributed by atoms with E-state index < -0.39 is 0 Å². The second-order valence-electron chi connectivity index (χ2n) is 4.76. The highest BCUT2D eigenvalue weighted by Crippen LogP contribution is 2.19. The molecule has 1 atom stereocenters. The number of hydrogen-bond acceptors (Lipinski definition) is 4. The molecule has 1 aromatic rings. The molecule has 0 spiro atoms. The molecule has 1 saturated heterocycles. The van der Waals surface area contributed by atoms with Gasteiger partial charge in [0.15, 0.2) is 0 Å². The summed E-state index contributed by atoms with van der Waals surface area (Å²) in [6.45, 7) is 8.51. The molecule has 1 aliphatic rings. The van der Waals surface area contributed by atoms with Gasteiger partial charge in [0.05, 0.1) is 0 Å². The molecule has 4 heteroatoms. The SMILES string of the molecule is CCNCC1CCCN(c2nccc(C)n2)C1. The Morgan fingerprint density at radius 2 is 2.41 bits per heavy atom. The standard InChI is InChI=1S/C13H22N4/c1-3-14-9-12-5-4-8-17(10-12)13-15-7-6-11(2)16-13/h6-7,12,14H,3-5,8-10H2,1-2H3. The van der Waals surface area contributed by atoms with Crippen molar-refractivity contribution in [2.24, 2.45) is 5.92 Å². The summed E-state index contributed by atoms with van der Waals surface area (Å²) in [7, 11) is 0. The molecule has 1 fully saturated rings. The van der Waals surface area contributed by atoms with Gasteiger partial charge < -0.3 is 10.2 Å². The van der Waals surface area contributed by atoms with Crippen LogP contribution < -0.4 is 10.2 Å². The average Bonchev–Trinajstić information content (AvgIpc) is 2.37. The van der Waals surface area contributed by atoms with E-state index in [0.717, 1.165) is 43.7 Å². The van der Waals surface area contributed by atoms with E-state index in [4.69, 9.17) is 0 Å². The Labute approximate surface area is 103 Å². The van der Waals surface area contributed by atoms with Crippen LogP contribution >= 0.6 is 0 Å². The van der Waals surface area contributed by atoms with E-state index in [1.165, 1.54) is 12.8 Å². The van der Waals surface area contributed by atoms with Crippen molar-refractivity contribution in [1.29, 1.82) is 0 Å². The van der Waals surface area contributed by atoms with E-state index in [-0.39, 0.29) is 0 Å². The minimum Gasteiger partial charge on any atom is -0.340 e. The Hall–Kier alpha value is -1.16. The highest BCUT2D eigenvalue weighted by atomic mass is 15.3. The lowest BCUT2D eigenvalue weighted by Gasteiger charge is -2.32. The molecule has 94 valence electrons. The highest BCUT2D eigenvalue weighted by Gasteiger charge is 2.21. The first-order valence-electron chi connectivity index (χ1n) is 6.55. The molecule has 4 nitrogen and oxygen atoms in total. The normalized spacial score (nSPS) is 20.6. The maximum absolute atomic E-state index is 4.51. The van der Waals surface area contributed by atoms with Crippen molar-refractivity contribution in [3.05, 3.63) is 18.0 Å². The molecule has 1 aliphatic heterocycles. The van der Waals surface area contributed by atoms with Gasteiger partial charge in [-0.3, -0.25) is 0 Å². The Balaban J connectivity index is 1.97. The van der Waals surface area contributed by atoms with E-state index in [1.54, 1.807) is 0 Å². The molecule has 1 unspecified atom stereocenters. The van der Waals surface area contributed by atoms with Gasteiger partial charge in [-0.15, -0.1) is 0 Å². The van der Waals surface area contributed by atoms with Crippen LogP contribution in [-0.4, -0.2) is 36.1 Å². The van der Waals surface area contributed by atoms with Crippen LogP contribution in [0.15, 0.2) is 12.3 Å². The van der Waals surface area contributed by atoms with Crippen LogP contribution in [0.1, 0.15) is 25.5 Å². The Morgan fingerprint density at radius 1 is 1.53 bits per heavy atom. The number of hydrogen-bond donors (Lipinski definition) is 1. The lowest BCUT2D eigenvalue weighted by molar-refractivity contribution is 0.392. The number of aryl methyl sites for hydroxylation is 1. The van der Waals surface area contributed by atoms with Crippen LogP contribution in [0.2, 0.25) is 0 Å². The zero-order chi connectivity index (χ0) is 12.1. The molecule has 2 rings (SSSR count). The molecule has 0 bridgehead atoms. The summed E-state index contributed by atoms with van der Waals surface area (Å²) in [6, 6.07) is 1.95. The molecule has 0 amide bonds. The number of nitrogens with zero attached hydrogens (tertiary/aromatic N) is 3. The van der Waals surface area contributed by atoms with Crippen molar-refractivity contribution in [3.8, 4) is 0 Å². The molecular weight excluding hydrogens is 212 g/mol. The summed E-state index contributed by atoms with van der Waals surface area (Å²) >= 11 is 0. The number of piperidine rings is 1. The zero-order valence-electron chi connectivity index (χ0n) is 10.8. The van der Waals surface area contributed by atoms with Gasteiger partial charge >= 0.3 is 0 Å². The molecule has 0 radical (unpaired) electrons. The van der Waals surface area contributed by atoms with Crippen LogP contribution in [0.5, 0.6) is 0 Å². The summed E-state index contributed by atoms with van der Waals surface area (Å²) in [5.74, 6) is 1.62. The zero-order valence-corrected chi connectivity index (χ0v) is 10.8. The fourth-order valence-corrected chi connectivity index (χ4v) is 2.35. The van der Waals surface area contributed by atoms with Gasteiger partial charge in [-0.25, -0.2) is 9.97 Å². The third-order valence-electron chi connectivity index (χ3n) is 3.27. The van der Waals surface area contributed by atoms with E-state index in [1.807, 2.05) is 19.2 Å². The topological polar surface area (TPSA) is 41.0 Å². The minimum atomic E-state index is 0.729. The van der Waals surface area contributed by atoms with Crippen molar-refractivity contribution in [1.82, 2.24) is 15.3 Å². The van der Waals surface area contributed by atoms with Gasteiger partial charge in [-0.05, 0) is 44.8 Å². The first-order valence-corrected chi connectivity index (χ1v) is 6.55. The molecule has 1 aromatic heterocycles. The molecule has 0 saturated carbocycles. The van der Waals surface area contributed by atoms with Gasteiger partial charge in [0, 0.05) is 25.0 Å². The first-order chi connectivity index (χ1) is 8.29. The summed E-state index contributed by atoms with van der Waals surface area (Å²) in [5, 5.41) is 3.43. The maximum Gasteiger partial charge on any atom is 0.225 e. The first kappa shape index (κ1) is 12.3. The minimum absolute atomic E-state index is 0.729. The van der Waals surface area contributed by atoms with Gasteiger partial charge in [0.2, 0.25) is 5.95 Å². The van der Waals surface area contributed by atoms with Crippen molar-refractivity contribution in [2.45, 2.75) is 26.7 Å². The molecular formula is C13H22N4. The van der Waals surface area contributed by atoms with Crippen molar-refractivity contribution in [3.63, 3.8) is 0 Å². The smallest absolute Gasteiger partial charge is 0.225 e. The monoisotopic (exact) mass is 234 g/mol. The number of nitrogens with one attached hydrogen (secondary N) is 1. The van der Waals surface area contributed by atoms with E-state index in [9.17, 15) is 0 Å². The Morgan fingerprint density at radius 3 is 3.18 bits per heavy atom. The van der Waals surface area contributed by atoms with Crippen LogP contribution in [-0.2, 0) is 0 Å². The molecule has 17 heavy (non-hydrogen) atoms. The van der Waals surface area contributed by atoms with Gasteiger partial charge in [-0.2, -0.15) is 0 Å². The summed E-state index contributed by atoms with van der Waals surface area (Å²) < 4.78 is 0. The summed E-state index contributed by atoms with van der Waals surface area (Å²) in [5.41, 5.74) is 1.05. The third-order valence-corrected chi connectivity index (χ3v) is 3.27.